The van der Waals surface area contributed by atoms with Crippen molar-refractivity contribution >= 4 is 17.6 Å². The third kappa shape index (κ3) is 2.19. The van der Waals surface area contributed by atoms with Crippen molar-refractivity contribution in [2.24, 2.45) is 5.92 Å². The van der Waals surface area contributed by atoms with Gasteiger partial charge >= 0.3 is 0 Å². The molecular formula is C15H17N3O2. The average molecular weight is 271 g/mol. The minimum Gasteiger partial charge on any atom is -0.336 e. The molecule has 2 saturated heterocycles. The van der Waals surface area contributed by atoms with Crippen LogP contribution in [0.3, 0.4) is 0 Å². The summed E-state index contributed by atoms with van der Waals surface area (Å²) in [5, 5.41) is 0. The van der Waals surface area contributed by atoms with E-state index in [-0.39, 0.29) is 11.8 Å². The monoisotopic (exact) mass is 271 g/mol. The molecule has 2 amide bonds. The summed E-state index contributed by atoms with van der Waals surface area (Å²) in [6, 6.07) is 5.27. The summed E-state index contributed by atoms with van der Waals surface area (Å²) >= 11 is 0. The maximum atomic E-state index is 12.3. The van der Waals surface area contributed by atoms with Gasteiger partial charge in [0.25, 0.3) is 5.91 Å². The summed E-state index contributed by atoms with van der Waals surface area (Å²) in [5.74, 6) is 0.982. The number of hydrogen-bond acceptors (Lipinski definition) is 3. The van der Waals surface area contributed by atoms with E-state index in [4.69, 9.17) is 0 Å². The smallest absolute Gasteiger partial charge is 0.272 e. The lowest BCUT2D eigenvalue weighted by Crippen LogP contribution is -2.49. The van der Waals surface area contributed by atoms with Gasteiger partial charge in [-0.15, -0.1) is 6.58 Å². The molecule has 5 heteroatoms. The lowest BCUT2D eigenvalue weighted by atomic mass is 10.00. The van der Waals surface area contributed by atoms with Gasteiger partial charge in [-0.3, -0.25) is 14.5 Å². The van der Waals surface area contributed by atoms with Crippen LogP contribution in [0.2, 0.25) is 0 Å². The molecule has 3 heterocycles. The van der Waals surface area contributed by atoms with Crippen molar-refractivity contribution in [3.63, 3.8) is 0 Å². The number of carbonyl (C=O) groups excluding carboxylic acids is 2. The number of rotatable bonds is 3. The van der Waals surface area contributed by atoms with E-state index < -0.39 is 0 Å². The van der Waals surface area contributed by atoms with E-state index in [9.17, 15) is 9.59 Å². The summed E-state index contributed by atoms with van der Waals surface area (Å²) in [6.07, 6.45) is 3.29. The molecule has 3 rings (SSSR count). The van der Waals surface area contributed by atoms with Crippen LogP contribution in [-0.4, -0.2) is 41.3 Å². The van der Waals surface area contributed by atoms with Crippen molar-refractivity contribution in [1.82, 2.24) is 9.88 Å². The molecule has 2 aliphatic heterocycles. The van der Waals surface area contributed by atoms with Gasteiger partial charge in [0.2, 0.25) is 5.91 Å². The molecule has 5 nitrogen and oxygen atoms in total. The van der Waals surface area contributed by atoms with Crippen molar-refractivity contribution in [1.29, 1.82) is 0 Å². The molecule has 0 N–H and O–H groups in total. The van der Waals surface area contributed by atoms with Crippen LogP contribution in [0.5, 0.6) is 0 Å². The summed E-state index contributed by atoms with van der Waals surface area (Å²) in [6.45, 7) is 5.82. The Balaban J connectivity index is 1.76. The Kier molecular flexibility index (Phi) is 3.26. The molecule has 2 aliphatic rings. The van der Waals surface area contributed by atoms with Crippen LogP contribution in [-0.2, 0) is 4.79 Å². The molecule has 20 heavy (non-hydrogen) atoms. The molecule has 0 aliphatic carbocycles. The van der Waals surface area contributed by atoms with Gasteiger partial charge < -0.3 is 4.90 Å². The van der Waals surface area contributed by atoms with E-state index >= 15 is 0 Å². The normalized spacial score (nSPS) is 19.1. The predicted octanol–water partition coefficient (Wildman–Crippen LogP) is 1.47. The Bertz CT molecular complexity index is 564. The van der Waals surface area contributed by atoms with Crippen LogP contribution in [0, 0.1) is 5.92 Å². The summed E-state index contributed by atoms with van der Waals surface area (Å²) in [7, 11) is 0. The van der Waals surface area contributed by atoms with Crippen molar-refractivity contribution in [3.05, 3.63) is 36.5 Å². The molecule has 0 saturated carbocycles. The molecule has 2 fully saturated rings. The second-order valence-electron chi connectivity index (χ2n) is 5.24. The highest BCUT2D eigenvalue weighted by molar-refractivity contribution is 5.96. The topological polar surface area (TPSA) is 53.5 Å². The molecule has 0 aromatic carbocycles. The van der Waals surface area contributed by atoms with E-state index in [1.807, 2.05) is 6.08 Å². The number of hydrogen-bond donors (Lipinski definition) is 0. The zero-order valence-corrected chi connectivity index (χ0v) is 11.3. The maximum Gasteiger partial charge on any atom is 0.272 e. The molecule has 0 unspecified atom stereocenters. The minimum atomic E-state index is -0.0726. The molecule has 0 radical (unpaired) electrons. The number of anilines is 1. The fourth-order valence-corrected chi connectivity index (χ4v) is 2.57. The van der Waals surface area contributed by atoms with Gasteiger partial charge in [0.15, 0.2) is 0 Å². The highest BCUT2D eigenvalue weighted by atomic mass is 16.2. The SMILES string of the molecule is C=CC1CN(C(=O)c2cccc(N3CCCC3=O)n2)C1. The van der Waals surface area contributed by atoms with Gasteiger partial charge in [0, 0.05) is 32.0 Å². The predicted molar refractivity (Wildman–Crippen MR) is 75.4 cm³/mol. The Morgan fingerprint density at radius 3 is 2.85 bits per heavy atom. The molecule has 1 aromatic heterocycles. The Morgan fingerprint density at radius 2 is 2.20 bits per heavy atom. The summed E-state index contributed by atoms with van der Waals surface area (Å²) in [5.41, 5.74) is 0.407. The second kappa shape index (κ2) is 5.07. The highest BCUT2D eigenvalue weighted by Crippen LogP contribution is 2.22. The average Bonchev–Trinajstić information content (AvgIpc) is 2.84. The fraction of sp³-hybridized carbons (Fsp3) is 0.400. The highest BCUT2D eigenvalue weighted by Gasteiger charge is 2.30. The number of pyridine rings is 1. The molecule has 1 aromatic rings. The van der Waals surface area contributed by atoms with E-state index in [1.165, 1.54) is 0 Å². The third-order valence-electron chi connectivity index (χ3n) is 3.83. The first-order valence-electron chi connectivity index (χ1n) is 6.88. The first kappa shape index (κ1) is 12.8. The standard InChI is InChI=1S/C15H17N3O2/c1-2-11-9-17(10-11)15(20)12-5-3-6-13(16-12)18-8-4-7-14(18)19/h2-3,5-6,11H,1,4,7-10H2. The summed E-state index contributed by atoms with van der Waals surface area (Å²) in [4.78, 5) is 31.7. The van der Waals surface area contributed by atoms with Gasteiger partial charge in [0.1, 0.15) is 11.5 Å². The number of nitrogens with zero attached hydrogens (tertiary/aromatic N) is 3. The van der Waals surface area contributed by atoms with E-state index in [1.54, 1.807) is 28.0 Å². The fourth-order valence-electron chi connectivity index (χ4n) is 2.57. The minimum absolute atomic E-state index is 0.0726. The quantitative estimate of drug-likeness (QED) is 0.782. The van der Waals surface area contributed by atoms with Crippen LogP contribution in [0.15, 0.2) is 30.9 Å². The first-order valence-corrected chi connectivity index (χ1v) is 6.88. The first-order chi connectivity index (χ1) is 9.69. The number of aromatic nitrogens is 1. The van der Waals surface area contributed by atoms with E-state index in [0.717, 1.165) is 6.42 Å². The van der Waals surface area contributed by atoms with E-state index in [2.05, 4.69) is 11.6 Å². The molecule has 0 spiro atoms. The summed E-state index contributed by atoms with van der Waals surface area (Å²) < 4.78 is 0. The lowest BCUT2D eigenvalue weighted by Gasteiger charge is -2.37. The van der Waals surface area contributed by atoms with Crippen LogP contribution in [0.25, 0.3) is 0 Å². The van der Waals surface area contributed by atoms with Gasteiger partial charge in [-0.1, -0.05) is 12.1 Å². The zero-order valence-electron chi connectivity index (χ0n) is 11.3. The molecular weight excluding hydrogens is 254 g/mol. The van der Waals surface area contributed by atoms with Crippen molar-refractivity contribution in [2.75, 3.05) is 24.5 Å². The Morgan fingerprint density at radius 1 is 1.40 bits per heavy atom. The van der Waals surface area contributed by atoms with Crippen LogP contribution in [0.1, 0.15) is 23.3 Å². The van der Waals surface area contributed by atoms with Crippen LogP contribution < -0.4 is 4.90 Å². The zero-order chi connectivity index (χ0) is 14.1. The Hall–Kier alpha value is -2.17. The van der Waals surface area contributed by atoms with Gasteiger partial charge in [-0.05, 0) is 18.6 Å². The number of carbonyl (C=O) groups is 2. The lowest BCUT2D eigenvalue weighted by molar-refractivity contribution is -0.117. The van der Waals surface area contributed by atoms with Crippen molar-refractivity contribution in [2.45, 2.75) is 12.8 Å². The van der Waals surface area contributed by atoms with Gasteiger partial charge in [-0.25, -0.2) is 4.98 Å². The van der Waals surface area contributed by atoms with Crippen molar-refractivity contribution < 1.29 is 9.59 Å². The number of amides is 2. The van der Waals surface area contributed by atoms with E-state index in [0.29, 0.717) is 43.5 Å². The second-order valence-corrected chi connectivity index (χ2v) is 5.24. The Labute approximate surface area is 117 Å². The molecule has 0 bridgehead atoms. The van der Waals surface area contributed by atoms with Crippen molar-refractivity contribution in [3.8, 4) is 0 Å². The number of likely N-dealkylation sites (tertiary alicyclic amines) is 1. The molecule has 0 atom stereocenters. The van der Waals surface area contributed by atoms with Crippen LogP contribution >= 0.6 is 0 Å². The van der Waals surface area contributed by atoms with Gasteiger partial charge in [-0.2, -0.15) is 0 Å². The van der Waals surface area contributed by atoms with Crippen LogP contribution in [0.4, 0.5) is 5.82 Å². The largest absolute Gasteiger partial charge is 0.336 e. The maximum absolute atomic E-state index is 12.3. The molecule has 104 valence electrons. The third-order valence-corrected chi connectivity index (χ3v) is 3.83. The van der Waals surface area contributed by atoms with Gasteiger partial charge in [0.05, 0.1) is 0 Å².